The summed E-state index contributed by atoms with van der Waals surface area (Å²) in [4.78, 5) is 1.29. The minimum Gasteiger partial charge on any atom is -0.327 e. The van der Waals surface area contributed by atoms with E-state index >= 15 is 0 Å². The summed E-state index contributed by atoms with van der Waals surface area (Å²) in [6.45, 7) is 2.05. The minimum absolute atomic E-state index is 0.206. The van der Waals surface area contributed by atoms with Crippen molar-refractivity contribution < 1.29 is 0 Å². The smallest absolute Gasteiger partial charge is 0.100 e. The highest BCUT2D eigenvalue weighted by Gasteiger charge is 2.48. The Morgan fingerprint density at radius 1 is 1.69 bits per heavy atom. The maximum Gasteiger partial charge on any atom is 0.100 e. The first-order chi connectivity index (χ1) is 6.19. The van der Waals surface area contributed by atoms with Crippen molar-refractivity contribution in [3.05, 3.63) is 21.9 Å². The molecule has 1 unspecified atom stereocenters. The Bertz CT molecular complexity index is 355. The van der Waals surface area contributed by atoms with Crippen LogP contribution >= 0.6 is 11.3 Å². The first-order valence-corrected chi connectivity index (χ1v) is 5.32. The van der Waals surface area contributed by atoms with E-state index in [4.69, 9.17) is 11.0 Å². The maximum absolute atomic E-state index is 8.70. The Morgan fingerprint density at radius 3 is 2.77 bits per heavy atom. The molecule has 0 aromatic carbocycles. The molecule has 1 aliphatic rings. The van der Waals surface area contributed by atoms with Crippen molar-refractivity contribution in [2.75, 3.05) is 0 Å². The molecule has 1 aromatic heterocycles. The van der Waals surface area contributed by atoms with E-state index in [1.165, 1.54) is 17.7 Å². The van der Waals surface area contributed by atoms with Crippen LogP contribution in [0.3, 0.4) is 0 Å². The predicted octanol–water partition coefficient (Wildman–Crippen LogP) is 2.00. The van der Waals surface area contributed by atoms with E-state index in [2.05, 4.69) is 13.0 Å². The summed E-state index contributed by atoms with van der Waals surface area (Å²) in [5.74, 6) is 0. The summed E-state index contributed by atoms with van der Waals surface area (Å²) in [6, 6.07) is 4.35. The number of hydrogen-bond acceptors (Lipinski definition) is 3. The van der Waals surface area contributed by atoms with Crippen LogP contribution < -0.4 is 5.73 Å². The van der Waals surface area contributed by atoms with Crippen molar-refractivity contribution in [2.45, 2.75) is 31.2 Å². The van der Waals surface area contributed by atoms with E-state index in [-0.39, 0.29) is 11.5 Å². The van der Waals surface area contributed by atoms with Gasteiger partial charge in [-0.2, -0.15) is 5.26 Å². The van der Waals surface area contributed by atoms with Gasteiger partial charge in [-0.05, 0) is 25.8 Å². The molecule has 0 aliphatic heterocycles. The van der Waals surface area contributed by atoms with Crippen molar-refractivity contribution in [2.24, 2.45) is 5.73 Å². The molecule has 0 radical (unpaired) electrons. The summed E-state index contributed by atoms with van der Waals surface area (Å²) in [5.41, 5.74) is 6.92. The fraction of sp³-hybridized carbons (Fsp3) is 0.500. The van der Waals surface area contributed by atoms with Crippen LogP contribution in [0, 0.1) is 11.3 Å². The van der Waals surface area contributed by atoms with Crippen LogP contribution in [0.15, 0.2) is 11.4 Å². The van der Waals surface area contributed by atoms with Crippen LogP contribution in [0.25, 0.3) is 0 Å². The summed E-state index contributed by atoms with van der Waals surface area (Å²) in [6.07, 6.45) is 2.35. The van der Waals surface area contributed by atoms with Gasteiger partial charge in [0.1, 0.15) is 6.07 Å². The van der Waals surface area contributed by atoms with Gasteiger partial charge in [-0.1, -0.05) is 0 Å². The molecule has 2 rings (SSSR count). The van der Waals surface area contributed by atoms with Gasteiger partial charge in [-0.3, -0.25) is 0 Å². The number of hydrogen-bond donors (Lipinski definition) is 1. The monoisotopic (exact) mass is 192 g/mol. The van der Waals surface area contributed by atoms with Gasteiger partial charge in [0.15, 0.2) is 0 Å². The lowest BCUT2D eigenvalue weighted by molar-refractivity contribution is 0.566. The molecule has 1 heterocycles. The largest absolute Gasteiger partial charge is 0.327 e. The van der Waals surface area contributed by atoms with E-state index < -0.39 is 0 Å². The molecular weight excluding hydrogens is 180 g/mol. The SMILES string of the molecule is CC(N)C1(c2cc(C#N)cs2)CC1. The van der Waals surface area contributed by atoms with Gasteiger partial charge in [0.25, 0.3) is 0 Å². The van der Waals surface area contributed by atoms with Gasteiger partial charge < -0.3 is 5.73 Å². The first-order valence-electron chi connectivity index (χ1n) is 4.44. The maximum atomic E-state index is 8.70. The predicted molar refractivity (Wildman–Crippen MR) is 53.6 cm³/mol. The van der Waals surface area contributed by atoms with Crippen LogP contribution in [0.1, 0.15) is 30.2 Å². The molecule has 0 bridgehead atoms. The zero-order valence-corrected chi connectivity index (χ0v) is 8.40. The zero-order chi connectivity index (χ0) is 9.47. The first kappa shape index (κ1) is 8.74. The number of nitriles is 1. The number of nitrogens with zero attached hydrogens (tertiary/aromatic N) is 1. The van der Waals surface area contributed by atoms with Crippen LogP contribution in [-0.2, 0) is 5.41 Å². The Kier molecular flexibility index (Phi) is 1.90. The highest BCUT2D eigenvalue weighted by atomic mass is 32.1. The lowest BCUT2D eigenvalue weighted by atomic mass is 9.96. The number of nitrogens with two attached hydrogens (primary N) is 1. The molecule has 2 nitrogen and oxygen atoms in total. The zero-order valence-electron chi connectivity index (χ0n) is 7.58. The van der Waals surface area contributed by atoms with E-state index in [0.29, 0.717) is 0 Å². The molecule has 1 saturated carbocycles. The van der Waals surface area contributed by atoms with Crippen molar-refractivity contribution in [1.29, 1.82) is 5.26 Å². The van der Waals surface area contributed by atoms with Gasteiger partial charge >= 0.3 is 0 Å². The normalized spacial score (nSPS) is 20.7. The molecule has 0 amide bonds. The van der Waals surface area contributed by atoms with Gasteiger partial charge in [-0.15, -0.1) is 11.3 Å². The Morgan fingerprint density at radius 2 is 2.38 bits per heavy atom. The Labute approximate surface area is 82.0 Å². The van der Waals surface area contributed by atoms with E-state index in [0.717, 1.165) is 5.56 Å². The molecular formula is C10H12N2S. The minimum atomic E-state index is 0.206. The molecule has 13 heavy (non-hydrogen) atoms. The molecule has 0 saturated heterocycles. The second kappa shape index (κ2) is 2.83. The fourth-order valence-corrected chi connectivity index (χ4v) is 2.91. The average Bonchev–Trinajstić information content (AvgIpc) is 2.79. The molecule has 2 N–H and O–H groups in total. The highest BCUT2D eigenvalue weighted by molar-refractivity contribution is 7.10. The van der Waals surface area contributed by atoms with Gasteiger partial charge in [0.2, 0.25) is 0 Å². The molecule has 1 aliphatic carbocycles. The second-order valence-electron chi connectivity index (χ2n) is 3.76. The molecule has 3 heteroatoms. The third-order valence-electron chi connectivity index (χ3n) is 2.88. The van der Waals surface area contributed by atoms with Crippen molar-refractivity contribution in [3.8, 4) is 6.07 Å². The highest BCUT2D eigenvalue weighted by Crippen LogP contribution is 2.52. The molecule has 68 valence electrons. The quantitative estimate of drug-likeness (QED) is 0.779. The fourth-order valence-electron chi connectivity index (χ4n) is 1.72. The van der Waals surface area contributed by atoms with Gasteiger partial charge in [-0.25, -0.2) is 0 Å². The lowest BCUT2D eigenvalue weighted by Crippen LogP contribution is -2.30. The summed E-state index contributed by atoms with van der Waals surface area (Å²) in [7, 11) is 0. The average molecular weight is 192 g/mol. The van der Waals surface area contributed by atoms with E-state index in [9.17, 15) is 0 Å². The Hall–Kier alpha value is -0.850. The topological polar surface area (TPSA) is 49.8 Å². The third-order valence-corrected chi connectivity index (χ3v) is 4.03. The molecule has 0 spiro atoms. The van der Waals surface area contributed by atoms with Gasteiger partial charge in [0, 0.05) is 21.7 Å². The summed E-state index contributed by atoms with van der Waals surface area (Å²) >= 11 is 1.67. The third kappa shape index (κ3) is 1.27. The van der Waals surface area contributed by atoms with Gasteiger partial charge in [0.05, 0.1) is 5.56 Å². The second-order valence-corrected chi connectivity index (χ2v) is 4.67. The molecule has 1 atom stereocenters. The number of rotatable bonds is 2. The van der Waals surface area contributed by atoms with E-state index in [1.54, 1.807) is 11.3 Å². The van der Waals surface area contributed by atoms with Crippen molar-refractivity contribution >= 4 is 11.3 Å². The lowest BCUT2D eigenvalue weighted by Gasteiger charge is -2.17. The Balaban J connectivity index is 2.31. The van der Waals surface area contributed by atoms with Crippen LogP contribution in [-0.4, -0.2) is 6.04 Å². The van der Waals surface area contributed by atoms with Crippen LogP contribution in [0.4, 0.5) is 0 Å². The van der Waals surface area contributed by atoms with E-state index in [1.807, 2.05) is 11.4 Å². The van der Waals surface area contributed by atoms with Crippen LogP contribution in [0.5, 0.6) is 0 Å². The standard InChI is InChI=1S/C10H12N2S/c1-7(12)10(2-3-10)9-4-8(5-11)6-13-9/h4,6-7H,2-3,12H2,1H3. The number of thiophene rings is 1. The van der Waals surface area contributed by atoms with Crippen molar-refractivity contribution in [3.63, 3.8) is 0 Å². The van der Waals surface area contributed by atoms with Crippen LogP contribution in [0.2, 0.25) is 0 Å². The molecule has 1 aromatic rings. The molecule has 1 fully saturated rings. The van der Waals surface area contributed by atoms with Crippen molar-refractivity contribution in [1.82, 2.24) is 0 Å². The summed E-state index contributed by atoms with van der Waals surface area (Å²) < 4.78 is 0. The summed E-state index contributed by atoms with van der Waals surface area (Å²) in [5, 5.41) is 10.6.